The molecular formula is C110H214. The highest BCUT2D eigenvalue weighted by Crippen LogP contribution is 2.48. The maximum atomic E-state index is 2.51. The zero-order chi connectivity index (χ0) is 83.7. The predicted octanol–water partition coefficient (Wildman–Crippen LogP) is 37.3. The molecule has 0 aromatic heterocycles. The van der Waals surface area contributed by atoms with E-state index in [9.17, 15) is 0 Å². The van der Waals surface area contributed by atoms with Crippen LogP contribution in [0.1, 0.15) is 468 Å². The summed E-state index contributed by atoms with van der Waals surface area (Å²) < 4.78 is 0. The lowest BCUT2D eigenvalue weighted by atomic mass is 9.67. The summed E-state index contributed by atoms with van der Waals surface area (Å²) in [6, 6.07) is 0. The summed E-state index contributed by atoms with van der Waals surface area (Å²) in [5.74, 6) is 32.2. The molecule has 0 aliphatic heterocycles. The Morgan fingerprint density at radius 1 is 0.255 bits per heavy atom. The van der Waals surface area contributed by atoms with E-state index in [0.717, 1.165) is 201 Å². The molecule has 0 radical (unpaired) electrons. The molecule has 654 valence electrons. The largest absolute Gasteiger partial charge is 0.0851 e. The van der Waals surface area contributed by atoms with E-state index in [1.807, 2.05) is 0 Å². The molecule has 9 rings (SSSR count). The molecular weight excluding hydrogens is 1320 g/mol. The number of allylic oxidation sites excluding steroid dienone is 6. The minimum atomic E-state index is 0.778. The van der Waals surface area contributed by atoms with Crippen LogP contribution >= 0.6 is 0 Å². The van der Waals surface area contributed by atoms with Crippen molar-refractivity contribution >= 4 is 0 Å². The molecule has 0 amide bonds. The highest BCUT2D eigenvalue weighted by molar-refractivity contribution is 5.09. The lowest BCUT2D eigenvalue weighted by Crippen LogP contribution is -2.28. The predicted molar refractivity (Wildman–Crippen MR) is 505 cm³/mol. The highest BCUT2D eigenvalue weighted by Gasteiger charge is 2.39. The molecule has 0 bridgehead atoms. The van der Waals surface area contributed by atoms with Crippen molar-refractivity contribution in [3.63, 3.8) is 0 Å². The van der Waals surface area contributed by atoms with Crippen LogP contribution in [-0.4, -0.2) is 0 Å². The van der Waals surface area contributed by atoms with Crippen LogP contribution in [0.4, 0.5) is 0 Å². The van der Waals surface area contributed by atoms with Gasteiger partial charge < -0.3 is 0 Å². The van der Waals surface area contributed by atoms with E-state index < -0.39 is 0 Å². The van der Waals surface area contributed by atoms with E-state index in [0.29, 0.717) is 0 Å². The third-order valence-corrected chi connectivity index (χ3v) is 28.9. The molecule has 0 heteroatoms. The molecule has 12 unspecified atom stereocenters. The van der Waals surface area contributed by atoms with Crippen molar-refractivity contribution in [2.45, 2.75) is 468 Å². The van der Waals surface area contributed by atoms with E-state index in [2.05, 4.69) is 274 Å². The van der Waals surface area contributed by atoms with Crippen molar-refractivity contribution in [2.75, 3.05) is 0 Å². The van der Waals surface area contributed by atoms with Crippen molar-refractivity contribution in [2.24, 2.45) is 201 Å². The van der Waals surface area contributed by atoms with Crippen LogP contribution in [0.5, 0.6) is 0 Å². The van der Waals surface area contributed by atoms with Crippen molar-refractivity contribution in [1.82, 2.24) is 0 Å². The average molecular weight is 1540 g/mol. The molecule has 0 heterocycles. The molecule has 110 heavy (non-hydrogen) atoms. The second-order valence-corrected chi connectivity index (χ2v) is 47.1. The van der Waals surface area contributed by atoms with E-state index >= 15 is 0 Å². The van der Waals surface area contributed by atoms with Gasteiger partial charge in [-0.15, -0.1) is 0 Å². The summed E-state index contributed by atoms with van der Waals surface area (Å²) >= 11 is 0. The maximum absolute atomic E-state index is 2.51. The van der Waals surface area contributed by atoms with Crippen LogP contribution < -0.4 is 0 Å². The number of hydrogen-bond donors (Lipinski definition) is 0. The van der Waals surface area contributed by atoms with Crippen molar-refractivity contribution in [1.29, 1.82) is 0 Å². The van der Waals surface area contributed by atoms with Gasteiger partial charge in [0.2, 0.25) is 0 Å². The van der Waals surface area contributed by atoms with E-state index in [1.54, 1.807) is 11.1 Å². The Morgan fingerprint density at radius 2 is 0.682 bits per heavy atom. The highest BCUT2D eigenvalue weighted by atomic mass is 14.4. The normalized spacial score (nSPS) is 28.8. The van der Waals surface area contributed by atoms with E-state index in [1.165, 1.54) is 218 Å². The van der Waals surface area contributed by atoms with Crippen LogP contribution in [0.15, 0.2) is 35.5 Å². The van der Waals surface area contributed by atoms with Crippen LogP contribution in [0.25, 0.3) is 0 Å². The average Bonchev–Trinajstić information content (AvgIpc) is 1.67. The molecule has 9 aliphatic rings. The number of rotatable bonds is 27. The van der Waals surface area contributed by atoms with Gasteiger partial charge in [-0.2, -0.15) is 0 Å². The van der Waals surface area contributed by atoms with Crippen LogP contribution in [0.3, 0.4) is 0 Å². The topological polar surface area (TPSA) is 0 Å². The summed E-state index contributed by atoms with van der Waals surface area (Å²) in [7, 11) is 0. The second kappa shape index (κ2) is 59.0. The number of hydrogen-bond acceptors (Lipinski definition) is 0. The van der Waals surface area contributed by atoms with Crippen molar-refractivity contribution in [3.05, 3.63) is 35.5 Å². The first-order chi connectivity index (χ1) is 51.4. The van der Waals surface area contributed by atoms with Gasteiger partial charge in [0.05, 0.1) is 0 Å². The molecule has 9 aliphatic carbocycles. The first kappa shape index (κ1) is 107. The van der Waals surface area contributed by atoms with E-state index in [-0.39, 0.29) is 0 Å². The molecule has 0 saturated heterocycles. The third-order valence-electron chi connectivity index (χ3n) is 28.9. The summed E-state index contributed by atoms with van der Waals surface area (Å²) in [6.07, 6.45) is 59.4. The molecule has 0 spiro atoms. The molecule has 6 saturated carbocycles. The minimum absolute atomic E-state index is 0.778. The Morgan fingerprint density at radius 3 is 1.07 bits per heavy atom. The Hall–Kier alpha value is -0.780. The van der Waals surface area contributed by atoms with Crippen LogP contribution in [-0.2, 0) is 0 Å². The monoisotopic (exact) mass is 1540 g/mol. The third kappa shape index (κ3) is 50.9. The van der Waals surface area contributed by atoms with Gasteiger partial charge in [-0.3, -0.25) is 0 Å². The molecule has 0 aromatic rings. The Bertz CT molecular complexity index is 2220. The first-order valence-corrected chi connectivity index (χ1v) is 50.4. The lowest BCUT2D eigenvalue weighted by molar-refractivity contribution is 0.122. The zero-order valence-corrected chi connectivity index (χ0v) is 83.0. The fraction of sp³-hybridized carbons (Fsp3) is 0.945. The van der Waals surface area contributed by atoms with Gasteiger partial charge in [-0.05, 0) is 368 Å². The van der Waals surface area contributed by atoms with Gasteiger partial charge in [-0.25, -0.2) is 0 Å². The Labute approximate surface area is 699 Å². The Balaban J connectivity index is 0.000000619. The fourth-order valence-electron chi connectivity index (χ4n) is 22.0. The van der Waals surface area contributed by atoms with Crippen LogP contribution in [0, 0.1) is 201 Å². The quantitative estimate of drug-likeness (QED) is 0.0719. The molecule has 0 nitrogen and oxygen atoms in total. The fourth-order valence-corrected chi connectivity index (χ4v) is 22.0. The van der Waals surface area contributed by atoms with Crippen molar-refractivity contribution in [3.8, 4) is 0 Å². The summed E-state index contributed by atoms with van der Waals surface area (Å²) in [5.41, 5.74) is 3.41. The van der Waals surface area contributed by atoms with Gasteiger partial charge in [0.25, 0.3) is 0 Å². The molecule has 0 aromatic carbocycles. The Kier molecular flexibility index (Phi) is 57.5. The van der Waals surface area contributed by atoms with Crippen molar-refractivity contribution < 1.29 is 0 Å². The van der Waals surface area contributed by atoms with Gasteiger partial charge in [-0.1, -0.05) is 336 Å². The van der Waals surface area contributed by atoms with Crippen LogP contribution in [0.2, 0.25) is 0 Å². The molecule has 12 atom stereocenters. The summed E-state index contributed by atoms with van der Waals surface area (Å²) in [5, 5.41) is 0. The zero-order valence-electron chi connectivity index (χ0n) is 83.0. The minimum Gasteiger partial charge on any atom is -0.0851 e. The molecule has 0 N–H and O–H groups in total. The van der Waals surface area contributed by atoms with E-state index in [4.69, 9.17) is 0 Å². The standard InChI is InChI=1S/C13H26.3C13H24.C13H26.2C12H24.C11H22.C10H20/c4*1-10(2)9-12-5-7-13(8-6-12)11(3)4;1-10(2)8-12-6-5-7-13(9-12)11(3)4;1-9(2)7-11-5-6-12(8-11)10(3)4;1-9(2)8-11-6-5-7-12(11)10(3)4;1-8(2)5-10-6-11(7-10)9(3)4;1-7(2)5-9-6-10(9)8(3)4/h10-13H,5-9H2,1-4H3;7,10-12H,5-6,8-9H2,1-4H3;5,10-11,13H,6-9H2,1-4H3;5,7,10-13H,6,8-9H2,1-4H3;10-13H,5-9H2,1-4H3;2*9-12H,5-8H2,1-4H3;8-11H,5-7H2,1-4H3;7-10H,5-6H2,1-4H3. The van der Waals surface area contributed by atoms with Gasteiger partial charge in [0.15, 0.2) is 0 Å². The molecule has 6 fully saturated rings. The lowest BCUT2D eigenvalue weighted by Gasteiger charge is -2.39. The maximum Gasteiger partial charge on any atom is -0.0210 e. The second-order valence-electron chi connectivity index (χ2n) is 47.1. The van der Waals surface area contributed by atoms with Gasteiger partial charge in [0, 0.05) is 0 Å². The van der Waals surface area contributed by atoms with Gasteiger partial charge >= 0.3 is 0 Å². The van der Waals surface area contributed by atoms with Gasteiger partial charge in [0.1, 0.15) is 0 Å². The summed E-state index contributed by atoms with van der Waals surface area (Å²) in [6.45, 7) is 84.6. The SMILES string of the molecule is CC(C)CC1=CCC(C(C)C)CC1.CC(C)CC1C=CC(C(C)C)CC1.CC(C)CC1CC(C(C)C)C1.CC(C)CC1CC1C(C)C.CC(C)CC1CC=C(C(C)C)CC1.CC(C)CC1CCC(C(C)C)C1.CC(C)CC1CCC(C(C)C)CC1.CC(C)CC1CCCC(C(C)C)C1.CC(C)CC1CCCC1C(C)C. The smallest absolute Gasteiger partial charge is 0.0210 e. The first-order valence-electron chi connectivity index (χ1n) is 50.4. The summed E-state index contributed by atoms with van der Waals surface area (Å²) in [4.78, 5) is 0.